The molecule has 1 fully saturated rings. The lowest BCUT2D eigenvalue weighted by molar-refractivity contribution is -0.186. The van der Waals surface area contributed by atoms with Crippen molar-refractivity contribution in [2.24, 2.45) is 5.92 Å². The number of alkyl halides is 3. The second-order valence-corrected chi connectivity index (χ2v) is 6.83. The monoisotopic (exact) mass is 305 g/mol. The van der Waals surface area contributed by atoms with E-state index in [1.165, 1.54) is 0 Å². The second-order valence-electron chi connectivity index (χ2n) is 5.37. The fraction of sp³-hybridized carbons (Fsp3) is 0.643. The molecule has 20 heavy (non-hydrogen) atoms. The summed E-state index contributed by atoms with van der Waals surface area (Å²) in [5.74, 6) is -1.37. The van der Waals surface area contributed by atoms with Gasteiger partial charge in [0.2, 0.25) is 0 Å². The van der Waals surface area contributed by atoms with Crippen molar-refractivity contribution in [1.82, 2.24) is 4.90 Å². The second kappa shape index (κ2) is 5.85. The maximum atomic E-state index is 12.7. The lowest BCUT2D eigenvalue weighted by atomic mass is 9.97. The lowest BCUT2D eigenvalue weighted by Crippen LogP contribution is -2.43. The van der Waals surface area contributed by atoms with Crippen molar-refractivity contribution < 1.29 is 18.0 Å². The first kappa shape index (κ1) is 15.5. The predicted molar refractivity (Wildman–Crippen MR) is 73.3 cm³/mol. The minimum atomic E-state index is -4.16. The van der Waals surface area contributed by atoms with Gasteiger partial charge in [-0.2, -0.15) is 13.2 Å². The van der Waals surface area contributed by atoms with Gasteiger partial charge in [0.15, 0.2) is 5.78 Å². The van der Waals surface area contributed by atoms with Crippen LogP contribution in [0.25, 0.3) is 0 Å². The van der Waals surface area contributed by atoms with Crippen molar-refractivity contribution in [3.05, 3.63) is 21.4 Å². The molecule has 0 amide bonds. The molecule has 1 aliphatic heterocycles. The van der Waals surface area contributed by atoms with E-state index in [-0.39, 0.29) is 25.3 Å². The van der Waals surface area contributed by atoms with Crippen molar-refractivity contribution in [3.63, 3.8) is 0 Å². The molecule has 0 saturated carbocycles. The van der Waals surface area contributed by atoms with Crippen LogP contribution in [0.15, 0.2) is 6.07 Å². The molecule has 2 nitrogen and oxygen atoms in total. The highest BCUT2D eigenvalue weighted by atomic mass is 32.1. The Balaban J connectivity index is 1.99. The van der Waals surface area contributed by atoms with Crippen LogP contribution in [0.3, 0.4) is 0 Å². The fourth-order valence-electron chi connectivity index (χ4n) is 2.66. The van der Waals surface area contributed by atoms with E-state index in [9.17, 15) is 18.0 Å². The summed E-state index contributed by atoms with van der Waals surface area (Å²) >= 11 is 1.55. The fourth-order valence-corrected chi connectivity index (χ4v) is 3.60. The number of rotatable bonds is 3. The number of hydrogen-bond donors (Lipinski definition) is 0. The molecule has 112 valence electrons. The summed E-state index contributed by atoms with van der Waals surface area (Å²) < 4.78 is 38.2. The molecule has 1 saturated heterocycles. The maximum Gasteiger partial charge on any atom is 0.393 e. The van der Waals surface area contributed by atoms with Crippen LogP contribution in [-0.4, -0.2) is 36.5 Å². The Bertz CT molecular complexity index is 495. The number of ketones is 1. The number of nitrogens with zero attached hydrogens (tertiary/aromatic N) is 1. The Kier molecular flexibility index (Phi) is 4.54. The number of Topliss-reactive ketones (excluding diaryl/α,β-unsaturated/α-hetero) is 1. The number of carbonyl (C=O) groups excluding carboxylic acids is 1. The number of likely N-dealkylation sites (tertiary alicyclic amines) is 1. The van der Waals surface area contributed by atoms with E-state index in [0.717, 1.165) is 9.75 Å². The summed E-state index contributed by atoms with van der Waals surface area (Å²) in [6.07, 6.45) is -3.49. The van der Waals surface area contributed by atoms with Crippen molar-refractivity contribution in [2.45, 2.75) is 32.9 Å². The van der Waals surface area contributed by atoms with Gasteiger partial charge in [-0.15, -0.1) is 11.3 Å². The molecule has 0 aromatic carbocycles. The highest BCUT2D eigenvalue weighted by Gasteiger charge is 2.41. The van der Waals surface area contributed by atoms with Crippen LogP contribution in [0.1, 0.15) is 33.0 Å². The van der Waals surface area contributed by atoms with Gasteiger partial charge in [0.05, 0.1) is 12.5 Å². The minimum absolute atomic E-state index is 0.0581. The SMILES string of the molecule is Cc1cc(C(=O)CN2CCCC(C(F)(F)F)C2)c(C)s1. The van der Waals surface area contributed by atoms with Gasteiger partial charge in [-0.1, -0.05) is 0 Å². The topological polar surface area (TPSA) is 20.3 Å². The van der Waals surface area contributed by atoms with E-state index >= 15 is 0 Å². The Hall–Kier alpha value is -0.880. The van der Waals surface area contributed by atoms with Crippen molar-refractivity contribution in [2.75, 3.05) is 19.6 Å². The summed E-state index contributed by atoms with van der Waals surface area (Å²) in [4.78, 5) is 15.8. The molecule has 1 atom stereocenters. The van der Waals surface area contributed by atoms with Crippen LogP contribution in [0.5, 0.6) is 0 Å². The largest absolute Gasteiger partial charge is 0.393 e. The Morgan fingerprint density at radius 3 is 2.70 bits per heavy atom. The molecule has 2 rings (SSSR count). The molecule has 0 aliphatic carbocycles. The van der Waals surface area contributed by atoms with Crippen LogP contribution < -0.4 is 0 Å². The molecule has 2 heterocycles. The molecule has 0 bridgehead atoms. The van der Waals surface area contributed by atoms with Crippen LogP contribution >= 0.6 is 11.3 Å². The molecule has 1 unspecified atom stereocenters. The Morgan fingerprint density at radius 1 is 1.45 bits per heavy atom. The first-order valence-corrected chi connectivity index (χ1v) is 7.48. The molecule has 1 aliphatic rings. The molecule has 1 aromatic heterocycles. The smallest absolute Gasteiger partial charge is 0.295 e. The van der Waals surface area contributed by atoms with E-state index in [4.69, 9.17) is 0 Å². The average molecular weight is 305 g/mol. The van der Waals surface area contributed by atoms with Gasteiger partial charge in [0, 0.05) is 21.9 Å². The highest BCUT2D eigenvalue weighted by molar-refractivity contribution is 7.12. The van der Waals surface area contributed by atoms with Crippen molar-refractivity contribution in [1.29, 1.82) is 0 Å². The molecule has 0 radical (unpaired) electrons. The van der Waals surface area contributed by atoms with Crippen LogP contribution in [0.2, 0.25) is 0 Å². The van der Waals surface area contributed by atoms with Gasteiger partial charge in [-0.3, -0.25) is 9.69 Å². The minimum Gasteiger partial charge on any atom is -0.295 e. The van der Waals surface area contributed by atoms with E-state index in [2.05, 4.69) is 0 Å². The zero-order valence-electron chi connectivity index (χ0n) is 11.6. The normalized spacial score (nSPS) is 21.1. The standard InChI is InChI=1S/C14H18F3NOS/c1-9-6-12(10(2)20-9)13(19)8-18-5-3-4-11(7-18)14(15,16)17/h6,11H,3-5,7-8H2,1-2H3. The van der Waals surface area contributed by atoms with Gasteiger partial charge in [0.1, 0.15) is 0 Å². The summed E-state index contributed by atoms with van der Waals surface area (Å²) in [6.45, 7) is 4.40. The third kappa shape index (κ3) is 3.61. The zero-order chi connectivity index (χ0) is 14.9. The van der Waals surface area contributed by atoms with E-state index in [0.29, 0.717) is 18.5 Å². The number of piperidine rings is 1. The number of halogens is 3. The van der Waals surface area contributed by atoms with Crippen molar-refractivity contribution >= 4 is 17.1 Å². The molecule has 0 spiro atoms. The lowest BCUT2D eigenvalue weighted by Gasteiger charge is -2.33. The summed E-state index contributed by atoms with van der Waals surface area (Å²) in [6, 6.07) is 1.83. The molecular formula is C14H18F3NOS. The Morgan fingerprint density at radius 2 is 2.15 bits per heavy atom. The van der Waals surface area contributed by atoms with Gasteiger partial charge in [0.25, 0.3) is 0 Å². The third-order valence-corrected chi connectivity index (χ3v) is 4.64. The summed E-state index contributed by atoms with van der Waals surface area (Å²) in [7, 11) is 0. The molecule has 6 heteroatoms. The molecular weight excluding hydrogens is 287 g/mol. The highest BCUT2D eigenvalue weighted by Crippen LogP contribution is 2.33. The zero-order valence-corrected chi connectivity index (χ0v) is 12.4. The summed E-state index contributed by atoms with van der Waals surface area (Å²) in [5, 5.41) is 0. The van der Waals surface area contributed by atoms with Crippen molar-refractivity contribution in [3.8, 4) is 0 Å². The summed E-state index contributed by atoms with van der Waals surface area (Å²) in [5.41, 5.74) is 0.654. The number of carbonyl (C=O) groups is 1. The van der Waals surface area contributed by atoms with E-state index in [1.54, 1.807) is 16.2 Å². The van der Waals surface area contributed by atoms with Gasteiger partial charge >= 0.3 is 6.18 Å². The number of hydrogen-bond acceptors (Lipinski definition) is 3. The van der Waals surface area contributed by atoms with Gasteiger partial charge < -0.3 is 0 Å². The van der Waals surface area contributed by atoms with Gasteiger partial charge in [-0.25, -0.2) is 0 Å². The molecule has 1 aromatic rings. The van der Waals surface area contributed by atoms with Crippen LogP contribution in [0.4, 0.5) is 13.2 Å². The number of thiophene rings is 1. The first-order chi connectivity index (χ1) is 9.27. The van der Waals surface area contributed by atoms with Gasteiger partial charge in [-0.05, 0) is 39.3 Å². The first-order valence-electron chi connectivity index (χ1n) is 6.66. The van der Waals surface area contributed by atoms with E-state index in [1.807, 2.05) is 19.9 Å². The Labute approximate surface area is 120 Å². The third-order valence-electron chi connectivity index (χ3n) is 3.68. The maximum absolute atomic E-state index is 12.7. The van der Waals surface area contributed by atoms with E-state index < -0.39 is 12.1 Å². The van der Waals surface area contributed by atoms with Crippen LogP contribution in [-0.2, 0) is 0 Å². The molecule has 0 N–H and O–H groups in total. The quantitative estimate of drug-likeness (QED) is 0.791. The predicted octanol–water partition coefficient (Wildman–Crippen LogP) is 3.82. The average Bonchev–Trinajstić information content (AvgIpc) is 2.68. The number of aryl methyl sites for hydroxylation is 2. The van der Waals surface area contributed by atoms with Crippen LogP contribution in [0, 0.1) is 19.8 Å².